The van der Waals surface area contributed by atoms with Gasteiger partial charge in [0.15, 0.2) is 0 Å². The molecular formula is C14H17BN2O2S. The van der Waals surface area contributed by atoms with E-state index in [-0.39, 0.29) is 11.2 Å². The second-order valence-electron chi connectivity index (χ2n) is 5.93. The molecule has 0 radical (unpaired) electrons. The van der Waals surface area contributed by atoms with Crippen LogP contribution in [0.3, 0.4) is 0 Å². The van der Waals surface area contributed by atoms with Crippen LogP contribution in [0.5, 0.6) is 0 Å². The van der Waals surface area contributed by atoms with Crippen LogP contribution in [0.25, 0.3) is 11.3 Å². The summed E-state index contributed by atoms with van der Waals surface area (Å²) in [4.78, 5) is 8.62. The largest absolute Gasteiger partial charge is 0.514 e. The van der Waals surface area contributed by atoms with Crippen molar-refractivity contribution in [2.75, 3.05) is 0 Å². The number of aromatic nitrogens is 2. The molecule has 0 spiro atoms. The van der Waals surface area contributed by atoms with Crippen molar-refractivity contribution in [1.82, 2.24) is 9.97 Å². The molecule has 0 aromatic carbocycles. The molecule has 1 aliphatic heterocycles. The van der Waals surface area contributed by atoms with Crippen molar-refractivity contribution in [2.45, 2.75) is 38.9 Å². The maximum Gasteiger partial charge on any atom is 0.514 e. The minimum Gasteiger partial charge on any atom is -0.398 e. The Morgan fingerprint density at radius 2 is 1.80 bits per heavy atom. The van der Waals surface area contributed by atoms with Gasteiger partial charge in [-0.15, -0.1) is 0 Å². The lowest BCUT2D eigenvalue weighted by Gasteiger charge is -2.32. The molecule has 2 aromatic heterocycles. The molecule has 20 heavy (non-hydrogen) atoms. The van der Waals surface area contributed by atoms with Gasteiger partial charge in [0, 0.05) is 10.9 Å². The van der Waals surface area contributed by atoms with Crippen molar-refractivity contribution in [1.29, 1.82) is 0 Å². The van der Waals surface area contributed by atoms with Crippen molar-refractivity contribution in [2.24, 2.45) is 0 Å². The maximum atomic E-state index is 6.01. The summed E-state index contributed by atoms with van der Waals surface area (Å²) in [5, 5.41) is 4.10. The second kappa shape index (κ2) is 4.65. The predicted molar refractivity (Wildman–Crippen MR) is 81.1 cm³/mol. The zero-order valence-electron chi connectivity index (χ0n) is 12.1. The maximum absolute atomic E-state index is 6.01. The monoisotopic (exact) mass is 288 g/mol. The van der Waals surface area contributed by atoms with Gasteiger partial charge in [-0.2, -0.15) is 11.3 Å². The minimum absolute atomic E-state index is 0.356. The average molecular weight is 288 g/mol. The third kappa shape index (κ3) is 2.28. The van der Waals surface area contributed by atoms with E-state index < -0.39 is 7.12 Å². The molecule has 3 heterocycles. The van der Waals surface area contributed by atoms with E-state index in [0.717, 1.165) is 16.9 Å². The van der Waals surface area contributed by atoms with Gasteiger partial charge in [-0.25, -0.2) is 9.97 Å². The lowest BCUT2D eigenvalue weighted by Crippen LogP contribution is -2.41. The van der Waals surface area contributed by atoms with Gasteiger partial charge in [0.05, 0.1) is 22.5 Å². The summed E-state index contributed by atoms with van der Waals surface area (Å²) >= 11 is 1.65. The summed E-state index contributed by atoms with van der Waals surface area (Å²) in [6.07, 6.45) is 1.56. The second-order valence-corrected chi connectivity index (χ2v) is 6.71. The molecule has 0 N–H and O–H groups in total. The van der Waals surface area contributed by atoms with E-state index in [4.69, 9.17) is 9.31 Å². The predicted octanol–water partition coefficient (Wildman–Crippen LogP) is 2.50. The Balaban J connectivity index is 1.91. The Hall–Kier alpha value is -1.24. The van der Waals surface area contributed by atoms with Gasteiger partial charge in [-0.05, 0) is 45.2 Å². The summed E-state index contributed by atoms with van der Waals surface area (Å²) < 4.78 is 12.0. The molecule has 2 aromatic rings. The highest BCUT2D eigenvalue weighted by Gasteiger charge is 2.52. The fourth-order valence-corrected chi connectivity index (χ4v) is 2.68. The zero-order chi connectivity index (χ0) is 14.4. The van der Waals surface area contributed by atoms with Crippen LogP contribution in [-0.4, -0.2) is 28.3 Å². The van der Waals surface area contributed by atoms with Crippen LogP contribution in [0.15, 0.2) is 29.2 Å². The molecule has 104 valence electrons. The van der Waals surface area contributed by atoms with Crippen molar-refractivity contribution < 1.29 is 9.31 Å². The van der Waals surface area contributed by atoms with Gasteiger partial charge in [-0.3, -0.25) is 0 Å². The molecule has 1 fully saturated rings. The lowest BCUT2D eigenvalue weighted by atomic mass is 9.84. The van der Waals surface area contributed by atoms with E-state index in [9.17, 15) is 0 Å². The van der Waals surface area contributed by atoms with Crippen molar-refractivity contribution in [3.8, 4) is 11.3 Å². The number of hydrogen-bond acceptors (Lipinski definition) is 5. The van der Waals surface area contributed by atoms with E-state index in [2.05, 4.69) is 15.3 Å². The molecule has 6 heteroatoms. The minimum atomic E-state index is -0.444. The Morgan fingerprint density at radius 3 is 2.40 bits per heavy atom. The fraction of sp³-hybridized carbons (Fsp3) is 0.429. The van der Waals surface area contributed by atoms with Crippen LogP contribution in [0, 0.1) is 0 Å². The van der Waals surface area contributed by atoms with E-state index in [0.29, 0.717) is 0 Å². The standard InChI is InChI=1S/C14H17BN2O2S/c1-13(2)14(3,4)19-15(18-13)12-7-11(16-9-17-12)10-5-6-20-8-10/h5-9H,1-4H3. The summed E-state index contributed by atoms with van der Waals surface area (Å²) in [5.41, 5.74) is 2.04. The van der Waals surface area contributed by atoms with Crippen LogP contribution in [0.1, 0.15) is 27.7 Å². The van der Waals surface area contributed by atoms with Crippen LogP contribution < -0.4 is 5.59 Å². The Kier molecular flexibility index (Phi) is 3.19. The zero-order valence-corrected chi connectivity index (χ0v) is 12.9. The third-order valence-corrected chi connectivity index (χ3v) is 4.68. The fourth-order valence-electron chi connectivity index (χ4n) is 2.03. The Morgan fingerprint density at radius 1 is 1.10 bits per heavy atom. The molecule has 0 bridgehead atoms. The van der Waals surface area contributed by atoms with Crippen molar-refractivity contribution >= 4 is 24.0 Å². The first-order valence-corrected chi connectivity index (χ1v) is 7.53. The highest BCUT2D eigenvalue weighted by atomic mass is 32.1. The molecular weight excluding hydrogens is 271 g/mol. The SMILES string of the molecule is CC1(C)OB(c2cc(-c3ccsc3)ncn2)OC1(C)C. The quantitative estimate of drug-likeness (QED) is 0.796. The smallest absolute Gasteiger partial charge is 0.398 e. The van der Waals surface area contributed by atoms with Crippen LogP contribution in [-0.2, 0) is 9.31 Å². The van der Waals surface area contributed by atoms with Crippen molar-refractivity contribution in [3.63, 3.8) is 0 Å². The van der Waals surface area contributed by atoms with Gasteiger partial charge in [0.25, 0.3) is 0 Å². The molecule has 1 aliphatic rings. The first kappa shape index (κ1) is 13.7. The van der Waals surface area contributed by atoms with Gasteiger partial charge in [-0.1, -0.05) is 0 Å². The molecule has 3 rings (SSSR count). The lowest BCUT2D eigenvalue weighted by molar-refractivity contribution is 0.00578. The third-order valence-electron chi connectivity index (χ3n) is 4.00. The van der Waals surface area contributed by atoms with Gasteiger partial charge in [0.2, 0.25) is 0 Å². The number of thiophene rings is 1. The molecule has 0 amide bonds. The van der Waals surface area contributed by atoms with Gasteiger partial charge in [0.1, 0.15) is 6.33 Å². The van der Waals surface area contributed by atoms with E-state index in [1.807, 2.05) is 45.2 Å². The van der Waals surface area contributed by atoms with E-state index in [1.165, 1.54) is 0 Å². The Bertz CT molecular complexity index is 597. The van der Waals surface area contributed by atoms with Gasteiger partial charge >= 0.3 is 7.12 Å². The first-order chi connectivity index (χ1) is 9.39. The highest BCUT2D eigenvalue weighted by Crippen LogP contribution is 2.36. The number of rotatable bonds is 2. The normalized spacial score (nSPS) is 20.3. The van der Waals surface area contributed by atoms with E-state index >= 15 is 0 Å². The summed E-state index contributed by atoms with van der Waals surface area (Å²) in [5.74, 6) is 0. The average Bonchev–Trinajstić information content (AvgIpc) is 2.97. The van der Waals surface area contributed by atoms with Crippen LogP contribution in [0.2, 0.25) is 0 Å². The van der Waals surface area contributed by atoms with Crippen molar-refractivity contribution in [3.05, 3.63) is 29.2 Å². The molecule has 0 atom stereocenters. The van der Waals surface area contributed by atoms with E-state index in [1.54, 1.807) is 17.7 Å². The molecule has 0 aliphatic carbocycles. The summed E-state index contributed by atoms with van der Waals surface area (Å²) in [6.45, 7) is 8.14. The van der Waals surface area contributed by atoms with Gasteiger partial charge < -0.3 is 9.31 Å². The molecule has 4 nitrogen and oxygen atoms in total. The molecule has 0 saturated carbocycles. The molecule has 1 saturated heterocycles. The number of hydrogen-bond donors (Lipinski definition) is 0. The summed E-state index contributed by atoms with van der Waals surface area (Å²) in [7, 11) is -0.444. The topological polar surface area (TPSA) is 44.2 Å². The number of nitrogens with zero attached hydrogens (tertiary/aromatic N) is 2. The highest BCUT2D eigenvalue weighted by molar-refractivity contribution is 7.08. The first-order valence-electron chi connectivity index (χ1n) is 6.59. The molecule has 0 unspecified atom stereocenters. The van der Waals surface area contributed by atoms with Crippen LogP contribution >= 0.6 is 11.3 Å². The van der Waals surface area contributed by atoms with Crippen LogP contribution in [0.4, 0.5) is 0 Å². The summed E-state index contributed by atoms with van der Waals surface area (Å²) in [6, 6.07) is 3.98. The Labute approximate surface area is 123 Å².